The fourth-order valence-corrected chi connectivity index (χ4v) is 2.58. The SMILES string of the molecule is CCC(C)(C)C(=O)O[C@@H]1CCC2C(C#N)C(=O)OC21. The van der Waals surface area contributed by atoms with Crippen LogP contribution in [0.15, 0.2) is 0 Å². The summed E-state index contributed by atoms with van der Waals surface area (Å²) in [7, 11) is 0. The van der Waals surface area contributed by atoms with Gasteiger partial charge in [-0.1, -0.05) is 6.92 Å². The fourth-order valence-electron chi connectivity index (χ4n) is 2.58. The molecule has 1 saturated heterocycles. The van der Waals surface area contributed by atoms with Gasteiger partial charge in [0.2, 0.25) is 0 Å². The molecule has 5 heteroatoms. The van der Waals surface area contributed by atoms with Crippen molar-refractivity contribution in [2.75, 3.05) is 0 Å². The Kier molecular flexibility index (Phi) is 3.53. The Balaban J connectivity index is 2.04. The van der Waals surface area contributed by atoms with Gasteiger partial charge >= 0.3 is 11.9 Å². The Labute approximate surface area is 112 Å². The molecule has 2 rings (SSSR count). The number of hydrogen-bond acceptors (Lipinski definition) is 5. The highest BCUT2D eigenvalue weighted by atomic mass is 16.6. The van der Waals surface area contributed by atoms with Crippen molar-refractivity contribution in [1.29, 1.82) is 5.26 Å². The average molecular weight is 265 g/mol. The zero-order valence-electron chi connectivity index (χ0n) is 11.5. The zero-order valence-corrected chi connectivity index (χ0v) is 11.5. The molecule has 0 N–H and O–H groups in total. The summed E-state index contributed by atoms with van der Waals surface area (Å²) >= 11 is 0. The molecule has 0 aromatic rings. The van der Waals surface area contributed by atoms with Gasteiger partial charge in [-0.15, -0.1) is 0 Å². The van der Waals surface area contributed by atoms with Crippen molar-refractivity contribution in [2.45, 2.75) is 52.2 Å². The van der Waals surface area contributed by atoms with Crippen LogP contribution in [-0.4, -0.2) is 24.1 Å². The van der Waals surface area contributed by atoms with E-state index in [1.165, 1.54) is 0 Å². The summed E-state index contributed by atoms with van der Waals surface area (Å²) in [5, 5.41) is 8.96. The van der Waals surface area contributed by atoms with Crippen LogP contribution < -0.4 is 0 Å². The second kappa shape index (κ2) is 4.84. The molecule has 5 nitrogen and oxygen atoms in total. The molecule has 19 heavy (non-hydrogen) atoms. The predicted octanol–water partition coefficient (Wildman–Crippen LogP) is 1.81. The third kappa shape index (κ3) is 2.32. The summed E-state index contributed by atoms with van der Waals surface area (Å²) in [5.41, 5.74) is -0.532. The Morgan fingerprint density at radius 1 is 1.53 bits per heavy atom. The number of carbonyl (C=O) groups is 2. The van der Waals surface area contributed by atoms with Crippen LogP contribution in [-0.2, 0) is 19.1 Å². The van der Waals surface area contributed by atoms with Crippen molar-refractivity contribution in [3.8, 4) is 6.07 Å². The lowest BCUT2D eigenvalue weighted by atomic mass is 9.90. The van der Waals surface area contributed by atoms with E-state index in [1.54, 1.807) is 0 Å². The first-order chi connectivity index (χ1) is 8.90. The molecule has 0 spiro atoms. The first-order valence-electron chi connectivity index (χ1n) is 6.72. The van der Waals surface area contributed by atoms with Crippen LogP contribution in [0.4, 0.5) is 0 Å². The van der Waals surface area contributed by atoms with Gasteiger partial charge in [-0.25, -0.2) is 0 Å². The first kappa shape index (κ1) is 13.9. The van der Waals surface area contributed by atoms with Crippen molar-refractivity contribution in [3.63, 3.8) is 0 Å². The Hall–Kier alpha value is -1.57. The van der Waals surface area contributed by atoms with Crippen LogP contribution in [0, 0.1) is 28.6 Å². The molecule has 2 fully saturated rings. The topological polar surface area (TPSA) is 76.4 Å². The summed E-state index contributed by atoms with van der Waals surface area (Å²) in [6.45, 7) is 5.60. The molecule has 0 bridgehead atoms. The van der Waals surface area contributed by atoms with Crippen LogP contribution >= 0.6 is 0 Å². The van der Waals surface area contributed by atoms with Gasteiger partial charge < -0.3 is 9.47 Å². The van der Waals surface area contributed by atoms with Gasteiger partial charge in [0.25, 0.3) is 0 Å². The number of nitrogens with zero attached hydrogens (tertiary/aromatic N) is 1. The van der Waals surface area contributed by atoms with E-state index < -0.39 is 29.5 Å². The van der Waals surface area contributed by atoms with Crippen molar-refractivity contribution < 1.29 is 19.1 Å². The number of carbonyl (C=O) groups excluding carboxylic acids is 2. The third-order valence-corrected chi connectivity index (χ3v) is 4.34. The van der Waals surface area contributed by atoms with Gasteiger partial charge in [0.1, 0.15) is 12.2 Å². The summed E-state index contributed by atoms with van der Waals surface area (Å²) in [6, 6.07) is 1.99. The highest BCUT2D eigenvalue weighted by Crippen LogP contribution is 2.42. The minimum Gasteiger partial charge on any atom is -0.458 e. The second-order valence-corrected chi connectivity index (χ2v) is 5.93. The molecule has 0 aromatic heterocycles. The number of hydrogen-bond donors (Lipinski definition) is 0. The van der Waals surface area contributed by atoms with Crippen molar-refractivity contribution in [1.82, 2.24) is 0 Å². The number of rotatable bonds is 3. The summed E-state index contributed by atoms with van der Waals surface area (Å²) < 4.78 is 10.7. The van der Waals surface area contributed by atoms with E-state index in [-0.39, 0.29) is 11.9 Å². The van der Waals surface area contributed by atoms with E-state index in [9.17, 15) is 9.59 Å². The van der Waals surface area contributed by atoms with Crippen molar-refractivity contribution in [2.24, 2.45) is 17.3 Å². The minimum atomic E-state index is -0.701. The van der Waals surface area contributed by atoms with E-state index in [4.69, 9.17) is 14.7 Å². The van der Waals surface area contributed by atoms with Gasteiger partial charge in [0, 0.05) is 5.92 Å². The third-order valence-electron chi connectivity index (χ3n) is 4.34. The summed E-state index contributed by atoms with van der Waals surface area (Å²) in [6.07, 6.45) is 1.21. The van der Waals surface area contributed by atoms with Gasteiger partial charge in [0.05, 0.1) is 11.5 Å². The van der Waals surface area contributed by atoms with E-state index in [0.717, 1.165) is 0 Å². The van der Waals surface area contributed by atoms with E-state index in [2.05, 4.69) is 0 Å². The lowest BCUT2D eigenvalue weighted by Crippen LogP contribution is -2.35. The van der Waals surface area contributed by atoms with Crippen LogP contribution in [0.25, 0.3) is 0 Å². The smallest absolute Gasteiger partial charge is 0.324 e. The molecule has 4 atom stereocenters. The number of nitriles is 1. The monoisotopic (exact) mass is 265 g/mol. The highest BCUT2D eigenvalue weighted by Gasteiger charge is 2.53. The lowest BCUT2D eigenvalue weighted by Gasteiger charge is -2.25. The molecule has 1 aliphatic carbocycles. The maximum atomic E-state index is 12.0. The Bertz CT molecular complexity index is 437. The molecule has 0 radical (unpaired) electrons. The first-order valence-corrected chi connectivity index (χ1v) is 6.72. The van der Waals surface area contributed by atoms with E-state index in [0.29, 0.717) is 19.3 Å². The van der Waals surface area contributed by atoms with Crippen LogP contribution in [0.1, 0.15) is 40.0 Å². The molecule has 1 aliphatic heterocycles. The molecule has 104 valence electrons. The average Bonchev–Trinajstić information content (AvgIpc) is 2.88. The Morgan fingerprint density at radius 3 is 2.79 bits per heavy atom. The van der Waals surface area contributed by atoms with Gasteiger partial charge in [-0.05, 0) is 33.1 Å². The van der Waals surface area contributed by atoms with Crippen LogP contribution in [0.5, 0.6) is 0 Å². The van der Waals surface area contributed by atoms with Crippen LogP contribution in [0.3, 0.4) is 0 Å². The van der Waals surface area contributed by atoms with Gasteiger partial charge in [-0.3, -0.25) is 9.59 Å². The molecule has 0 aromatic carbocycles. The number of ether oxygens (including phenoxy) is 2. The number of fused-ring (bicyclic) bond motifs is 1. The molecule has 0 amide bonds. The van der Waals surface area contributed by atoms with Gasteiger partial charge in [-0.2, -0.15) is 5.26 Å². The minimum absolute atomic E-state index is 0.125. The van der Waals surface area contributed by atoms with E-state index >= 15 is 0 Å². The maximum absolute atomic E-state index is 12.0. The number of esters is 2. The summed E-state index contributed by atoms with van der Waals surface area (Å²) in [5.74, 6) is -1.57. The predicted molar refractivity (Wildman–Crippen MR) is 65.7 cm³/mol. The van der Waals surface area contributed by atoms with Crippen molar-refractivity contribution in [3.05, 3.63) is 0 Å². The molecule has 2 aliphatic rings. The van der Waals surface area contributed by atoms with Crippen molar-refractivity contribution >= 4 is 11.9 Å². The van der Waals surface area contributed by atoms with E-state index in [1.807, 2.05) is 26.8 Å². The molecular formula is C14H19NO4. The van der Waals surface area contributed by atoms with Crippen LogP contribution in [0.2, 0.25) is 0 Å². The molecule has 1 saturated carbocycles. The summed E-state index contributed by atoms with van der Waals surface area (Å²) in [4.78, 5) is 23.6. The maximum Gasteiger partial charge on any atom is 0.324 e. The normalized spacial score (nSPS) is 33.5. The quantitative estimate of drug-likeness (QED) is 0.727. The second-order valence-electron chi connectivity index (χ2n) is 5.93. The Morgan fingerprint density at radius 2 is 2.21 bits per heavy atom. The standard InChI is InChI=1S/C14H19NO4/c1-4-14(2,3)13(17)18-10-6-5-8-9(7-15)12(16)19-11(8)10/h8-11H,4-6H2,1-3H3/t8?,9?,10-,11?/m1/s1. The lowest BCUT2D eigenvalue weighted by molar-refractivity contribution is -0.168. The molecule has 3 unspecified atom stereocenters. The highest BCUT2D eigenvalue weighted by molar-refractivity contribution is 5.79. The van der Waals surface area contributed by atoms with Gasteiger partial charge in [0.15, 0.2) is 5.92 Å². The zero-order chi connectivity index (χ0) is 14.2. The molecule has 1 heterocycles. The largest absolute Gasteiger partial charge is 0.458 e. The molecular weight excluding hydrogens is 246 g/mol. The fraction of sp³-hybridized carbons (Fsp3) is 0.786.